The van der Waals surface area contributed by atoms with Gasteiger partial charge in [0, 0.05) is 0 Å². The Balaban J connectivity index is 3.62. The van der Waals surface area contributed by atoms with Crippen molar-refractivity contribution in [2.75, 3.05) is 6.61 Å². The molecule has 0 rings (SSSR count). The van der Waals surface area contributed by atoms with Crippen LogP contribution in [0.1, 0.15) is 0 Å². The Morgan fingerprint density at radius 2 is 1.88 bits per heavy atom. The van der Waals surface area contributed by atoms with E-state index in [-0.39, 0.29) is 0 Å². The van der Waals surface area contributed by atoms with Crippen LogP contribution in [0.5, 0.6) is 0 Å². The van der Waals surface area contributed by atoms with E-state index in [2.05, 4.69) is 5.73 Å². The molecule has 0 aromatic rings. The number of rotatable bonds is 1. The molecule has 1 atom stereocenters. The minimum atomic E-state index is -4.46. The molecule has 0 fully saturated rings. The highest BCUT2D eigenvalue weighted by molar-refractivity contribution is 4.67. The summed E-state index contributed by atoms with van der Waals surface area (Å²) in [5.74, 6) is 0. The van der Waals surface area contributed by atoms with Crippen LogP contribution in [0.4, 0.5) is 13.2 Å². The number of hydrogen-bond donors (Lipinski definition) is 2. The Morgan fingerprint density at radius 1 is 1.50 bits per heavy atom. The summed E-state index contributed by atoms with van der Waals surface area (Å²) in [4.78, 5) is 0. The van der Waals surface area contributed by atoms with E-state index >= 15 is 0 Å². The van der Waals surface area contributed by atoms with Crippen LogP contribution >= 0.6 is 0 Å². The second kappa shape index (κ2) is 2.32. The molecule has 0 unspecified atom stereocenters. The van der Waals surface area contributed by atoms with Gasteiger partial charge in [-0.25, -0.2) is 0 Å². The lowest BCUT2D eigenvalue weighted by atomic mass is 10.3. The molecule has 0 bridgehead atoms. The Labute approximate surface area is 44.1 Å². The van der Waals surface area contributed by atoms with E-state index in [1.54, 1.807) is 0 Å². The zero-order chi connectivity index (χ0) is 6.78. The van der Waals surface area contributed by atoms with Crippen LogP contribution in [0.3, 0.4) is 0 Å². The Morgan fingerprint density at radius 3 is 1.88 bits per heavy atom. The van der Waals surface area contributed by atoms with Crippen molar-refractivity contribution in [2.24, 2.45) is 5.73 Å². The molecule has 8 heavy (non-hydrogen) atoms. The summed E-state index contributed by atoms with van der Waals surface area (Å²) in [5, 5.41) is 7.83. The summed E-state index contributed by atoms with van der Waals surface area (Å²) in [6.07, 6.45) is -4.46. The first-order chi connectivity index (χ1) is 3.48. The highest BCUT2D eigenvalue weighted by Gasteiger charge is 2.35. The zero-order valence-corrected chi connectivity index (χ0v) is 3.94. The molecule has 0 aliphatic heterocycles. The molecule has 3 N–H and O–H groups in total. The standard InChI is InChI=1S/C3H6F3NO/c4-3(5,6)2(7)1-8/h2,8H,1,7H2/t2-/m1/s1. The van der Waals surface area contributed by atoms with E-state index in [9.17, 15) is 13.2 Å². The number of aliphatic hydroxyl groups is 1. The summed E-state index contributed by atoms with van der Waals surface area (Å²) in [6, 6.07) is -2.09. The molecular weight excluding hydrogens is 123 g/mol. The second-order valence-corrected chi connectivity index (χ2v) is 1.33. The predicted molar refractivity (Wildman–Crippen MR) is 21.1 cm³/mol. The Hall–Kier alpha value is -0.290. The second-order valence-electron chi connectivity index (χ2n) is 1.33. The fourth-order valence-corrected chi connectivity index (χ4v) is 0.104. The first-order valence-corrected chi connectivity index (χ1v) is 1.91. The van der Waals surface area contributed by atoms with Gasteiger partial charge in [-0.3, -0.25) is 0 Å². The van der Waals surface area contributed by atoms with Gasteiger partial charge in [0.05, 0.1) is 6.61 Å². The van der Waals surface area contributed by atoms with E-state index in [1.807, 2.05) is 0 Å². The maximum atomic E-state index is 11.2. The summed E-state index contributed by atoms with van der Waals surface area (Å²) >= 11 is 0. The predicted octanol–water partition coefficient (Wildman–Crippen LogP) is -0.132. The van der Waals surface area contributed by atoms with Gasteiger partial charge in [-0.05, 0) is 0 Å². The van der Waals surface area contributed by atoms with Gasteiger partial charge >= 0.3 is 6.18 Å². The number of alkyl halides is 3. The van der Waals surface area contributed by atoms with Crippen LogP contribution in [0.25, 0.3) is 0 Å². The Kier molecular flexibility index (Phi) is 2.24. The van der Waals surface area contributed by atoms with Gasteiger partial charge in [0.1, 0.15) is 6.04 Å². The minimum absolute atomic E-state index is 1.05. The number of aliphatic hydroxyl groups excluding tert-OH is 1. The lowest BCUT2D eigenvalue weighted by molar-refractivity contribution is -0.154. The fourth-order valence-electron chi connectivity index (χ4n) is 0.104. The number of halogens is 3. The van der Waals surface area contributed by atoms with Gasteiger partial charge in [0.2, 0.25) is 0 Å². The Bertz CT molecular complexity index is 71.4. The summed E-state index contributed by atoms with van der Waals surface area (Å²) in [7, 11) is 0. The third-order valence-electron chi connectivity index (χ3n) is 0.617. The maximum absolute atomic E-state index is 11.2. The normalized spacial score (nSPS) is 16.1. The van der Waals surface area contributed by atoms with Crippen molar-refractivity contribution in [1.82, 2.24) is 0 Å². The van der Waals surface area contributed by atoms with Crippen LogP contribution in [0, 0.1) is 0 Å². The molecule has 2 nitrogen and oxygen atoms in total. The summed E-state index contributed by atoms with van der Waals surface area (Å²) in [5.41, 5.74) is 4.38. The largest absolute Gasteiger partial charge is 0.405 e. The average Bonchev–Trinajstić information content (AvgIpc) is 1.62. The van der Waals surface area contributed by atoms with Crippen molar-refractivity contribution >= 4 is 0 Å². The van der Waals surface area contributed by atoms with Gasteiger partial charge in [0.25, 0.3) is 0 Å². The van der Waals surface area contributed by atoms with Crippen molar-refractivity contribution < 1.29 is 18.3 Å². The fraction of sp³-hybridized carbons (Fsp3) is 1.00. The van der Waals surface area contributed by atoms with E-state index in [1.165, 1.54) is 0 Å². The van der Waals surface area contributed by atoms with E-state index in [0.717, 1.165) is 0 Å². The van der Waals surface area contributed by atoms with Gasteiger partial charge in [-0.1, -0.05) is 0 Å². The van der Waals surface area contributed by atoms with Crippen LogP contribution in [-0.2, 0) is 0 Å². The van der Waals surface area contributed by atoms with Gasteiger partial charge < -0.3 is 10.8 Å². The van der Waals surface area contributed by atoms with Crippen molar-refractivity contribution in [1.29, 1.82) is 0 Å². The van der Waals surface area contributed by atoms with E-state index < -0.39 is 18.8 Å². The molecule has 5 heteroatoms. The third kappa shape index (κ3) is 2.13. The van der Waals surface area contributed by atoms with Crippen molar-refractivity contribution in [3.05, 3.63) is 0 Å². The SMILES string of the molecule is N[C@H](CO)C(F)(F)F. The molecule has 0 saturated carbocycles. The van der Waals surface area contributed by atoms with Crippen LogP contribution < -0.4 is 5.73 Å². The molecule has 0 aromatic carbocycles. The first-order valence-electron chi connectivity index (χ1n) is 1.91. The molecule has 0 aliphatic carbocycles. The van der Waals surface area contributed by atoms with Gasteiger partial charge in [-0.2, -0.15) is 13.2 Å². The molecular formula is C3H6F3NO. The molecule has 0 aliphatic rings. The van der Waals surface area contributed by atoms with Crippen molar-refractivity contribution in [3.8, 4) is 0 Å². The highest BCUT2D eigenvalue weighted by atomic mass is 19.4. The number of hydrogen-bond acceptors (Lipinski definition) is 2. The third-order valence-corrected chi connectivity index (χ3v) is 0.617. The van der Waals surface area contributed by atoms with E-state index in [0.29, 0.717) is 0 Å². The van der Waals surface area contributed by atoms with Crippen LogP contribution in [0.2, 0.25) is 0 Å². The lowest BCUT2D eigenvalue weighted by Crippen LogP contribution is -2.40. The number of nitrogens with two attached hydrogens (primary N) is 1. The van der Waals surface area contributed by atoms with Crippen molar-refractivity contribution in [3.63, 3.8) is 0 Å². The molecule has 0 radical (unpaired) electrons. The average molecular weight is 129 g/mol. The molecule has 0 spiro atoms. The van der Waals surface area contributed by atoms with E-state index in [4.69, 9.17) is 5.11 Å². The monoisotopic (exact) mass is 129 g/mol. The smallest absolute Gasteiger partial charge is 0.394 e. The molecule has 0 amide bonds. The maximum Gasteiger partial charge on any atom is 0.405 e. The molecule has 0 aromatic heterocycles. The topological polar surface area (TPSA) is 46.2 Å². The van der Waals surface area contributed by atoms with Crippen molar-refractivity contribution in [2.45, 2.75) is 12.2 Å². The quantitative estimate of drug-likeness (QED) is 0.518. The molecule has 0 saturated heterocycles. The minimum Gasteiger partial charge on any atom is -0.394 e. The summed E-state index contributed by atoms with van der Waals surface area (Å²) < 4.78 is 33.5. The summed E-state index contributed by atoms with van der Waals surface area (Å²) in [6.45, 7) is -1.05. The molecule has 0 heterocycles. The first kappa shape index (κ1) is 7.71. The van der Waals surface area contributed by atoms with Crippen LogP contribution in [-0.4, -0.2) is 23.9 Å². The lowest BCUT2D eigenvalue weighted by Gasteiger charge is -2.10. The highest BCUT2D eigenvalue weighted by Crippen LogP contribution is 2.17. The van der Waals surface area contributed by atoms with Gasteiger partial charge in [0.15, 0.2) is 0 Å². The van der Waals surface area contributed by atoms with Crippen LogP contribution in [0.15, 0.2) is 0 Å². The van der Waals surface area contributed by atoms with Gasteiger partial charge in [-0.15, -0.1) is 0 Å². The molecule has 50 valence electrons. The zero-order valence-electron chi connectivity index (χ0n) is 3.94.